The van der Waals surface area contributed by atoms with Crippen molar-refractivity contribution in [3.8, 4) is 11.3 Å². The zero-order chi connectivity index (χ0) is 22.7. The van der Waals surface area contributed by atoms with E-state index in [2.05, 4.69) is 9.71 Å². The summed E-state index contributed by atoms with van der Waals surface area (Å²) in [4.78, 5) is 29.1. The molecule has 0 unspecified atom stereocenters. The first kappa shape index (κ1) is 21.3. The number of hydrogen-bond acceptors (Lipinski definition) is 5. The maximum atomic E-state index is 13.2. The van der Waals surface area contributed by atoms with E-state index in [0.717, 1.165) is 22.7 Å². The summed E-state index contributed by atoms with van der Waals surface area (Å²) in [6.07, 6.45) is 0.987. The average molecular weight is 449 g/mol. The molecule has 0 spiro atoms. The third-order valence-corrected chi connectivity index (χ3v) is 5.41. The van der Waals surface area contributed by atoms with Gasteiger partial charge in [0.25, 0.3) is 0 Å². The molecule has 4 aromatic rings. The van der Waals surface area contributed by atoms with Gasteiger partial charge in [-0.3, -0.25) is 9.52 Å². The van der Waals surface area contributed by atoms with Crippen LogP contribution in [-0.4, -0.2) is 38.0 Å². The lowest BCUT2D eigenvalue weighted by atomic mass is 10.0. The molecule has 0 fully saturated rings. The number of anilines is 1. The predicted octanol–water partition coefficient (Wildman–Crippen LogP) is 4.25. The second kappa shape index (κ2) is 8.68. The molecule has 0 saturated heterocycles. The Kier molecular flexibility index (Phi) is 5.79. The lowest BCUT2D eigenvalue weighted by Crippen LogP contribution is -2.17. The van der Waals surface area contributed by atoms with Crippen LogP contribution in [0, 0.1) is 0 Å². The summed E-state index contributed by atoms with van der Waals surface area (Å²) in [6.45, 7) is -0.492. The van der Waals surface area contributed by atoms with E-state index in [9.17, 15) is 18.0 Å². The summed E-state index contributed by atoms with van der Waals surface area (Å²) in [5, 5.41) is 0.728. The highest BCUT2D eigenvalue weighted by Gasteiger charge is 2.22. The van der Waals surface area contributed by atoms with Gasteiger partial charge in [-0.05, 0) is 23.8 Å². The first-order chi connectivity index (χ1) is 15.3. The first-order valence-electron chi connectivity index (χ1n) is 9.77. The lowest BCUT2D eigenvalue weighted by Gasteiger charge is -2.10. The molecule has 4 rings (SSSR count). The molecule has 0 aliphatic carbocycles. The summed E-state index contributed by atoms with van der Waals surface area (Å²) in [6, 6.07) is 22.9. The van der Waals surface area contributed by atoms with Gasteiger partial charge in [-0.2, -0.15) is 0 Å². The molecule has 0 aliphatic rings. The largest absolute Gasteiger partial charge is 0.454 e. The molecule has 1 heterocycles. The van der Waals surface area contributed by atoms with Gasteiger partial charge < -0.3 is 9.72 Å². The monoisotopic (exact) mass is 448 g/mol. The third-order valence-electron chi connectivity index (χ3n) is 4.82. The van der Waals surface area contributed by atoms with Gasteiger partial charge in [-0.15, -0.1) is 0 Å². The Bertz CT molecular complexity index is 1410. The zero-order valence-electron chi connectivity index (χ0n) is 17.2. The number of carbonyl (C=O) groups excluding carboxylic acids is 2. The molecule has 1 aromatic heterocycles. The summed E-state index contributed by atoms with van der Waals surface area (Å²) in [5.74, 6) is -1.17. The minimum atomic E-state index is -3.59. The highest BCUT2D eigenvalue weighted by Crippen LogP contribution is 2.31. The number of esters is 1. The molecule has 32 heavy (non-hydrogen) atoms. The number of sulfonamides is 1. The molecule has 0 amide bonds. The highest BCUT2D eigenvalue weighted by molar-refractivity contribution is 7.92. The molecule has 8 heteroatoms. The standard InChI is InChI=1S/C24H20N2O5S/c1-32(29,30)26-20-14-8-6-12-18(20)24(28)31-15-21(27)22-17-11-5-7-13-19(17)25-23(22)16-9-3-2-4-10-16/h2-14,25-26H,15H2,1H3. The van der Waals surface area contributed by atoms with Crippen LogP contribution in [0.3, 0.4) is 0 Å². The van der Waals surface area contributed by atoms with Gasteiger partial charge in [0.05, 0.1) is 28.8 Å². The zero-order valence-corrected chi connectivity index (χ0v) is 18.0. The second-order valence-corrected chi connectivity index (χ2v) is 8.95. The number of benzene rings is 3. The molecule has 162 valence electrons. The van der Waals surface area contributed by atoms with E-state index in [4.69, 9.17) is 4.74 Å². The fourth-order valence-electron chi connectivity index (χ4n) is 3.48. The van der Waals surface area contributed by atoms with Crippen molar-refractivity contribution in [1.29, 1.82) is 0 Å². The number of rotatable bonds is 7. The van der Waals surface area contributed by atoms with Gasteiger partial charge in [0, 0.05) is 10.9 Å². The number of carbonyl (C=O) groups is 2. The molecule has 0 atom stereocenters. The van der Waals surface area contributed by atoms with Crippen LogP contribution in [0.2, 0.25) is 0 Å². The Morgan fingerprint density at radius 1 is 0.906 bits per heavy atom. The molecule has 7 nitrogen and oxygen atoms in total. The third kappa shape index (κ3) is 4.55. The Balaban J connectivity index is 1.62. The highest BCUT2D eigenvalue weighted by atomic mass is 32.2. The van der Waals surface area contributed by atoms with Crippen LogP contribution in [0.5, 0.6) is 0 Å². The average Bonchev–Trinajstić information content (AvgIpc) is 3.17. The van der Waals surface area contributed by atoms with Gasteiger partial charge in [0.1, 0.15) is 0 Å². The number of nitrogens with one attached hydrogen (secondary N) is 2. The van der Waals surface area contributed by atoms with Crippen molar-refractivity contribution in [2.45, 2.75) is 0 Å². The van der Waals surface area contributed by atoms with E-state index >= 15 is 0 Å². The number of ketones is 1. The molecule has 0 aliphatic heterocycles. The maximum absolute atomic E-state index is 13.2. The van der Waals surface area contributed by atoms with Crippen molar-refractivity contribution >= 4 is 38.4 Å². The van der Waals surface area contributed by atoms with Crippen molar-refractivity contribution in [2.24, 2.45) is 0 Å². The fraction of sp³-hybridized carbons (Fsp3) is 0.0833. The lowest BCUT2D eigenvalue weighted by molar-refractivity contribution is 0.0476. The molecular weight excluding hydrogens is 428 g/mol. The Hall–Kier alpha value is -3.91. The van der Waals surface area contributed by atoms with Crippen molar-refractivity contribution in [3.63, 3.8) is 0 Å². The Morgan fingerprint density at radius 3 is 2.31 bits per heavy atom. The number of para-hydroxylation sites is 2. The van der Waals surface area contributed by atoms with Gasteiger partial charge in [0.15, 0.2) is 6.61 Å². The number of Topliss-reactive ketones (excluding diaryl/α,β-unsaturated/α-hetero) is 1. The van der Waals surface area contributed by atoms with Crippen molar-refractivity contribution in [3.05, 3.63) is 90.0 Å². The second-order valence-electron chi connectivity index (χ2n) is 7.21. The number of fused-ring (bicyclic) bond motifs is 1. The minimum absolute atomic E-state index is 0.0212. The molecule has 0 bridgehead atoms. The summed E-state index contributed by atoms with van der Waals surface area (Å²) >= 11 is 0. The minimum Gasteiger partial charge on any atom is -0.454 e. The Labute approximate surface area is 185 Å². The number of aromatic nitrogens is 1. The smallest absolute Gasteiger partial charge is 0.340 e. The van der Waals surface area contributed by atoms with Crippen LogP contribution in [0.1, 0.15) is 20.7 Å². The number of hydrogen-bond donors (Lipinski definition) is 2. The van der Waals surface area contributed by atoms with Crippen LogP contribution < -0.4 is 4.72 Å². The Morgan fingerprint density at radius 2 is 1.56 bits per heavy atom. The van der Waals surface area contributed by atoms with Crippen molar-refractivity contribution < 1.29 is 22.7 Å². The van der Waals surface area contributed by atoms with Gasteiger partial charge in [0.2, 0.25) is 15.8 Å². The normalized spacial score (nSPS) is 11.3. The number of ether oxygens (including phenoxy) is 1. The summed E-state index contributed by atoms with van der Waals surface area (Å²) in [7, 11) is -3.59. The first-order valence-corrected chi connectivity index (χ1v) is 11.7. The molecule has 0 saturated carbocycles. The van der Waals surface area contributed by atoms with E-state index in [1.165, 1.54) is 12.1 Å². The quantitative estimate of drug-likeness (QED) is 0.325. The van der Waals surface area contributed by atoms with Crippen LogP contribution in [0.4, 0.5) is 5.69 Å². The van der Waals surface area contributed by atoms with Crippen molar-refractivity contribution in [1.82, 2.24) is 4.98 Å². The van der Waals surface area contributed by atoms with Gasteiger partial charge in [-0.25, -0.2) is 13.2 Å². The topological polar surface area (TPSA) is 105 Å². The van der Waals surface area contributed by atoms with E-state index in [-0.39, 0.29) is 17.0 Å². The molecular formula is C24H20N2O5S. The summed E-state index contributed by atoms with van der Waals surface area (Å²) in [5.41, 5.74) is 2.82. The number of aromatic amines is 1. The summed E-state index contributed by atoms with van der Waals surface area (Å²) < 4.78 is 30.7. The molecule has 0 radical (unpaired) electrons. The SMILES string of the molecule is CS(=O)(=O)Nc1ccccc1C(=O)OCC(=O)c1c(-c2ccccc2)[nH]c2ccccc12. The van der Waals surface area contributed by atoms with E-state index in [1.54, 1.807) is 12.1 Å². The van der Waals surface area contributed by atoms with E-state index in [0.29, 0.717) is 11.3 Å². The van der Waals surface area contributed by atoms with Gasteiger partial charge in [-0.1, -0.05) is 60.7 Å². The van der Waals surface area contributed by atoms with Crippen LogP contribution in [-0.2, 0) is 14.8 Å². The van der Waals surface area contributed by atoms with E-state index in [1.807, 2.05) is 54.6 Å². The molecule has 3 aromatic carbocycles. The van der Waals surface area contributed by atoms with Crippen LogP contribution in [0.15, 0.2) is 78.9 Å². The van der Waals surface area contributed by atoms with Crippen LogP contribution >= 0.6 is 0 Å². The fourth-order valence-corrected chi connectivity index (χ4v) is 4.06. The predicted molar refractivity (Wildman–Crippen MR) is 123 cm³/mol. The van der Waals surface area contributed by atoms with Gasteiger partial charge >= 0.3 is 5.97 Å². The van der Waals surface area contributed by atoms with Crippen molar-refractivity contribution in [2.75, 3.05) is 17.6 Å². The van der Waals surface area contributed by atoms with Crippen LogP contribution in [0.25, 0.3) is 22.2 Å². The van der Waals surface area contributed by atoms with E-state index < -0.39 is 22.6 Å². The number of H-pyrrole nitrogens is 1. The molecule has 2 N–H and O–H groups in total. The maximum Gasteiger partial charge on any atom is 0.340 e.